The molecule has 17 heavy (non-hydrogen) atoms. The van der Waals surface area contributed by atoms with Crippen LogP contribution in [0.1, 0.15) is 33.6 Å². The van der Waals surface area contributed by atoms with Gasteiger partial charge >= 0.3 is 0 Å². The van der Waals surface area contributed by atoms with Crippen molar-refractivity contribution in [1.82, 2.24) is 9.62 Å². The lowest BCUT2D eigenvalue weighted by Gasteiger charge is -2.24. The molecule has 0 aliphatic rings. The molecule has 2 atom stereocenters. The topological polar surface area (TPSA) is 75.4 Å². The molecule has 0 amide bonds. The van der Waals surface area contributed by atoms with Crippen LogP contribution in [-0.2, 0) is 10.0 Å². The average Bonchev–Trinajstić information content (AvgIpc) is 2.28. The summed E-state index contributed by atoms with van der Waals surface area (Å²) in [4.78, 5) is 2.14. The van der Waals surface area contributed by atoms with E-state index in [1.165, 1.54) is 0 Å². The summed E-state index contributed by atoms with van der Waals surface area (Å²) in [6.07, 6.45) is 1.61. The smallest absolute Gasteiger partial charge is 0.215 e. The van der Waals surface area contributed by atoms with Crippen LogP contribution in [0.3, 0.4) is 0 Å². The summed E-state index contributed by atoms with van der Waals surface area (Å²) in [6, 6.07) is 0.469. The number of hydrogen-bond donors (Lipinski definition) is 2. The van der Waals surface area contributed by atoms with E-state index in [1.54, 1.807) is 0 Å². The molecule has 0 fully saturated rings. The van der Waals surface area contributed by atoms with Crippen LogP contribution in [0.15, 0.2) is 0 Å². The van der Waals surface area contributed by atoms with Gasteiger partial charge in [-0.3, -0.25) is 0 Å². The zero-order valence-corrected chi connectivity index (χ0v) is 12.3. The Morgan fingerprint density at radius 1 is 1.29 bits per heavy atom. The molecule has 3 N–H and O–H groups in total. The first kappa shape index (κ1) is 16.8. The van der Waals surface area contributed by atoms with Crippen LogP contribution in [0.25, 0.3) is 0 Å². The predicted octanol–water partition coefficient (Wildman–Crippen LogP) is 0.373. The second-order valence-electron chi connectivity index (χ2n) is 4.44. The van der Waals surface area contributed by atoms with Crippen molar-refractivity contribution >= 4 is 10.0 Å². The molecule has 0 aromatic carbocycles. The van der Waals surface area contributed by atoms with E-state index >= 15 is 0 Å². The van der Waals surface area contributed by atoms with Gasteiger partial charge in [-0.25, -0.2) is 13.1 Å². The Balaban J connectivity index is 4.12. The Morgan fingerprint density at radius 2 is 1.88 bits per heavy atom. The standard InChI is InChI=1S/C11H27N3O2S/c1-5-10(3)14(4)8-7-13-17(15,16)11(6-2)9-12/h10-11,13H,5-9,12H2,1-4H3. The zero-order valence-electron chi connectivity index (χ0n) is 11.4. The first-order valence-electron chi connectivity index (χ1n) is 6.27. The predicted molar refractivity (Wildman–Crippen MR) is 72.4 cm³/mol. The zero-order chi connectivity index (χ0) is 13.5. The minimum atomic E-state index is -3.25. The highest BCUT2D eigenvalue weighted by molar-refractivity contribution is 7.90. The second kappa shape index (κ2) is 8.02. The molecule has 6 heteroatoms. The molecular weight excluding hydrogens is 238 g/mol. The summed E-state index contributed by atoms with van der Waals surface area (Å²) >= 11 is 0. The number of nitrogens with zero attached hydrogens (tertiary/aromatic N) is 1. The summed E-state index contributed by atoms with van der Waals surface area (Å²) in [5, 5.41) is -0.476. The average molecular weight is 265 g/mol. The van der Waals surface area contributed by atoms with Crippen LogP contribution in [0.2, 0.25) is 0 Å². The molecule has 0 radical (unpaired) electrons. The van der Waals surface area contributed by atoms with Crippen molar-refractivity contribution in [3.05, 3.63) is 0 Å². The van der Waals surface area contributed by atoms with E-state index in [2.05, 4.69) is 23.5 Å². The third-order valence-electron chi connectivity index (χ3n) is 3.27. The summed E-state index contributed by atoms with van der Waals surface area (Å²) in [5.74, 6) is 0. The highest BCUT2D eigenvalue weighted by Gasteiger charge is 2.21. The molecule has 0 aliphatic heterocycles. The maximum Gasteiger partial charge on any atom is 0.215 e. The van der Waals surface area contributed by atoms with Crippen molar-refractivity contribution in [3.8, 4) is 0 Å². The molecule has 104 valence electrons. The maximum absolute atomic E-state index is 11.8. The number of hydrogen-bond acceptors (Lipinski definition) is 4. The van der Waals surface area contributed by atoms with Gasteiger partial charge in [0.25, 0.3) is 0 Å². The number of likely N-dealkylation sites (N-methyl/N-ethyl adjacent to an activating group) is 1. The molecule has 0 rings (SSSR count). The fourth-order valence-corrected chi connectivity index (χ4v) is 2.83. The van der Waals surface area contributed by atoms with Gasteiger partial charge in [0, 0.05) is 25.7 Å². The van der Waals surface area contributed by atoms with E-state index in [9.17, 15) is 8.42 Å². The first-order valence-corrected chi connectivity index (χ1v) is 7.82. The lowest BCUT2D eigenvalue weighted by molar-refractivity contribution is 0.256. The van der Waals surface area contributed by atoms with Crippen LogP contribution < -0.4 is 10.5 Å². The van der Waals surface area contributed by atoms with Gasteiger partial charge in [0.15, 0.2) is 0 Å². The lowest BCUT2D eigenvalue weighted by Crippen LogP contribution is -2.42. The van der Waals surface area contributed by atoms with Gasteiger partial charge in [-0.05, 0) is 26.8 Å². The molecule has 0 saturated heterocycles. The summed E-state index contributed by atoms with van der Waals surface area (Å²) in [5.41, 5.74) is 5.44. The van der Waals surface area contributed by atoms with Crippen molar-refractivity contribution in [2.45, 2.75) is 44.9 Å². The number of sulfonamides is 1. The summed E-state index contributed by atoms with van der Waals surface area (Å²) < 4.78 is 26.2. The lowest BCUT2D eigenvalue weighted by atomic mass is 10.2. The van der Waals surface area contributed by atoms with Crippen LogP contribution >= 0.6 is 0 Å². The second-order valence-corrected chi connectivity index (χ2v) is 6.49. The molecular formula is C11H27N3O2S. The van der Waals surface area contributed by atoms with E-state index < -0.39 is 15.3 Å². The maximum atomic E-state index is 11.8. The summed E-state index contributed by atoms with van der Waals surface area (Å²) in [7, 11) is -1.25. The van der Waals surface area contributed by atoms with E-state index in [4.69, 9.17) is 5.73 Å². The first-order chi connectivity index (χ1) is 7.88. The van der Waals surface area contributed by atoms with Crippen LogP contribution in [-0.4, -0.2) is 51.3 Å². The number of nitrogens with one attached hydrogen (secondary N) is 1. The van der Waals surface area contributed by atoms with Gasteiger partial charge in [0.1, 0.15) is 0 Å². The van der Waals surface area contributed by atoms with Crippen molar-refractivity contribution < 1.29 is 8.42 Å². The molecule has 0 spiro atoms. The van der Waals surface area contributed by atoms with Gasteiger partial charge in [0.05, 0.1) is 5.25 Å². The van der Waals surface area contributed by atoms with Gasteiger partial charge in [-0.15, -0.1) is 0 Å². The van der Waals surface area contributed by atoms with Crippen molar-refractivity contribution in [2.24, 2.45) is 5.73 Å². The molecule has 0 aromatic rings. The largest absolute Gasteiger partial charge is 0.329 e. The Morgan fingerprint density at radius 3 is 2.29 bits per heavy atom. The minimum Gasteiger partial charge on any atom is -0.329 e. The van der Waals surface area contributed by atoms with Crippen LogP contribution in [0, 0.1) is 0 Å². The van der Waals surface area contributed by atoms with Gasteiger partial charge in [-0.2, -0.15) is 0 Å². The highest BCUT2D eigenvalue weighted by Crippen LogP contribution is 2.02. The van der Waals surface area contributed by atoms with E-state index in [0.717, 1.165) is 13.0 Å². The van der Waals surface area contributed by atoms with Gasteiger partial charge in [-0.1, -0.05) is 13.8 Å². The fourth-order valence-electron chi connectivity index (χ4n) is 1.53. The van der Waals surface area contributed by atoms with E-state index in [1.807, 2.05) is 14.0 Å². The third-order valence-corrected chi connectivity index (χ3v) is 5.28. The fraction of sp³-hybridized carbons (Fsp3) is 1.00. The minimum absolute atomic E-state index is 0.174. The SMILES string of the molecule is CCC(C)N(C)CCNS(=O)(=O)C(CC)CN. The Bertz CT molecular complexity index is 289. The Kier molecular flexibility index (Phi) is 7.94. The van der Waals surface area contributed by atoms with Crippen LogP contribution in [0.5, 0.6) is 0 Å². The monoisotopic (exact) mass is 265 g/mol. The number of rotatable bonds is 9. The quantitative estimate of drug-likeness (QED) is 0.632. The van der Waals surface area contributed by atoms with Crippen molar-refractivity contribution in [2.75, 3.05) is 26.7 Å². The molecule has 0 aromatic heterocycles. The molecule has 5 nitrogen and oxygen atoms in total. The summed E-state index contributed by atoms with van der Waals surface area (Å²) in [6.45, 7) is 7.42. The molecule has 0 aliphatic carbocycles. The van der Waals surface area contributed by atoms with E-state index in [-0.39, 0.29) is 6.54 Å². The molecule has 0 heterocycles. The van der Waals surface area contributed by atoms with Gasteiger partial charge < -0.3 is 10.6 Å². The Hall–Kier alpha value is -0.170. The number of nitrogens with two attached hydrogens (primary N) is 1. The molecule has 0 saturated carbocycles. The third kappa shape index (κ3) is 5.81. The van der Waals surface area contributed by atoms with Gasteiger partial charge in [0.2, 0.25) is 10.0 Å². The van der Waals surface area contributed by atoms with Crippen molar-refractivity contribution in [3.63, 3.8) is 0 Å². The highest BCUT2D eigenvalue weighted by atomic mass is 32.2. The Labute approximate surface area is 106 Å². The van der Waals surface area contributed by atoms with Crippen LogP contribution in [0.4, 0.5) is 0 Å². The van der Waals surface area contributed by atoms with E-state index in [0.29, 0.717) is 19.0 Å². The van der Waals surface area contributed by atoms with Crippen molar-refractivity contribution in [1.29, 1.82) is 0 Å². The molecule has 2 unspecified atom stereocenters. The molecule has 0 bridgehead atoms. The normalized spacial score (nSPS) is 16.1.